The fourth-order valence-corrected chi connectivity index (χ4v) is 1.96. The molecule has 0 heterocycles. The number of hydrogen-bond acceptors (Lipinski definition) is 4. The van der Waals surface area contributed by atoms with Gasteiger partial charge in [-0.3, -0.25) is 0 Å². The van der Waals surface area contributed by atoms with Crippen molar-refractivity contribution in [3.05, 3.63) is 0 Å². The second-order valence-electron chi connectivity index (χ2n) is 4.97. The van der Waals surface area contributed by atoms with Crippen LogP contribution in [-0.4, -0.2) is 52.4 Å². The van der Waals surface area contributed by atoms with Crippen LogP contribution in [0.2, 0.25) is 0 Å². The van der Waals surface area contributed by atoms with E-state index in [0.29, 0.717) is 0 Å². The van der Waals surface area contributed by atoms with Crippen molar-refractivity contribution in [1.29, 1.82) is 0 Å². The molecule has 0 rings (SSSR count). The predicted molar refractivity (Wildman–Crippen MR) is 85.9 cm³/mol. The van der Waals surface area contributed by atoms with Crippen molar-refractivity contribution in [1.82, 2.24) is 21.3 Å². The zero-order chi connectivity index (χ0) is 14.0. The maximum absolute atomic E-state index is 3.51. The fraction of sp³-hybridized carbons (Fsp3) is 1.00. The Morgan fingerprint density at radius 1 is 0.421 bits per heavy atom. The Morgan fingerprint density at radius 2 is 0.789 bits per heavy atom. The molecular formula is C15H36N4. The van der Waals surface area contributed by atoms with E-state index in [1.807, 2.05) is 0 Å². The van der Waals surface area contributed by atoms with Gasteiger partial charge >= 0.3 is 0 Å². The van der Waals surface area contributed by atoms with Gasteiger partial charge < -0.3 is 21.3 Å². The van der Waals surface area contributed by atoms with Crippen LogP contribution in [0.25, 0.3) is 0 Å². The summed E-state index contributed by atoms with van der Waals surface area (Å²) < 4.78 is 0. The van der Waals surface area contributed by atoms with Crippen LogP contribution < -0.4 is 21.3 Å². The maximum atomic E-state index is 3.51. The predicted octanol–water partition coefficient (Wildman–Crippen LogP) is 1.34. The number of rotatable bonds is 16. The zero-order valence-electron chi connectivity index (χ0n) is 13.2. The van der Waals surface area contributed by atoms with Gasteiger partial charge in [-0.05, 0) is 78.0 Å². The van der Waals surface area contributed by atoms with E-state index in [4.69, 9.17) is 0 Å². The Kier molecular flexibility index (Phi) is 17.7. The Labute approximate surface area is 120 Å². The molecule has 4 nitrogen and oxygen atoms in total. The molecule has 0 spiro atoms. The molecule has 0 atom stereocenters. The average molecular weight is 272 g/mol. The summed E-state index contributed by atoms with van der Waals surface area (Å²) in [6.07, 6.45) is 6.42. The van der Waals surface area contributed by atoms with E-state index in [9.17, 15) is 0 Å². The lowest BCUT2D eigenvalue weighted by atomic mass is 10.2. The minimum atomic E-state index is 1.08. The van der Waals surface area contributed by atoms with Crippen LogP contribution in [0.1, 0.15) is 46.0 Å². The number of hydrogen-bond donors (Lipinski definition) is 4. The molecule has 0 saturated heterocycles. The largest absolute Gasteiger partial charge is 0.317 e. The second-order valence-corrected chi connectivity index (χ2v) is 4.97. The molecule has 0 saturated carbocycles. The SMILES string of the molecule is CCNCCCCCNCCCNCCCNCC. The van der Waals surface area contributed by atoms with Crippen LogP contribution >= 0.6 is 0 Å². The molecule has 19 heavy (non-hydrogen) atoms. The van der Waals surface area contributed by atoms with Gasteiger partial charge in [0.1, 0.15) is 0 Å². The summed E-state index contributed by atoms with van der Waals surface area (Å²) >= 11 is 0. The van der Waals surface area contributed by atoms with Crippen molar-refractivity contribution in [2.45, 2.75) is 46.0 Å². The van der Waals surface area contributed by atoms with Crippen molar-refractivity contribution in [3.63, 3.8) is 0 Å². The summed E-state index contributed by atoms with van der Waals surface area (Å²) in [6, 6.07) is 0. The monoisotopic (exact) mass is 272 g/mol. The molecule has 0 aliphatic carbocycles. The van der Waals surface area contributed by atoms with E-state index in [0.717, 1.165) is 39.3 Å². The first kappa shape index (κ1) is 18.8. The van der Waals surface area contributed by atoms with Gasteiger partial charge in [0, 0.05) is 0 Å². The molecule has 0 unspecified atom stereocenters. The summed E-state index contributed by atoms with van der Waals surface area (Å²) in [5.74, 6) is 0. The highest BCUT2D eigenvalue weighted by molar-refractivity contribution is 4.54. The molecule has 0 bridgehead atoms. The summed E-state index contributed by atoms with van der Waals surface area (Å²) in [4.78, 5) is 0. The molecule has 4 heteroatoms. The lowest BCUT2D eigenvalue weighted by Crippen LogP contribution is -2.25. The van der Waals surface area contributed by atoms with Gasteiger partial charge in [0.25, 0.3) is 0 Å². The molecule has 0 aromatic carbocycles. The lowest BCUT2D eigenvalue weighted by Gasteiger charge is -2.07. The van der Waals surface area contributed by atoms with E-state index >= 15 is 0 Å². The van der Waals surface area contributed by atoms with Crippen molar-refractivity contribution >= 4 is 0 Å². The van der Waals surface area contributed by atoms with E-state index in [1.54, 1.807) is 0 Å². The summed E-state index contributed by atoms with van der Waals surface area (Å²) in [5.41, 5.74) is 0. The van der Waals surface area contributed by atoms with Crippen molar-refractivity contribution < 1.29 is 0 Å². The first-order valence-corrected chi connectivity index (χ1v) is 8.24. The molecule has 0 fully saturated rings. The zero-order valence-corrected chi connectivity index (χ0v) is 13.2. The van der Waals surface area contributed by atoms with Crippen LogP contribution in [-0.2, 0) is 0 Å². The van der Waals surface area contributed by atoms with E-state index < -0.39 is 0 Å². The first-order chi connectivity index (χ1) is 9.41. The van der Waals surface area contributed by atoms with Crippen molar-refractivity contribution in [2.24, 2.45) is 0 Å². The van der Waals surface area contributed by atoms with Gasteiger partial charge in [-0.1, -0.05) is 20.3 Å². The third kappa shape index (κ3) is 17.8. The van der Waals surface area contributed by atoms with E-state index in [1.165, 1.54) is 45.2 Å². The lowest BCUT2D eigenvalue weighted by molar-refractivity contribution is 0.548. The molecule has 116 valence electrons. The molecule has 0 aliphatic rings. The second kappa shape index (κ2) is 17.8. The minimum absolute atomic E-state index is 1.08. The highest BCUT2D eigenvalue weighted by Crippen LogP contribution is 1.92. The highest BCUT2D eigenvalue weighted by Gasteiger charge is 1.91. The Hall–Kier alpha value is -0.160. The Balaban J connectivity index is 2.88. The molecule has 0 amide bonds. The first-order valence-electron chi connectivity index (χ1n) is 8.24. The van der Waals surface area contributed by atoms with Gasteiger partial charge in [0.15, 0.2) is 0 Å². The Bertz CT molecular complexity index is 137. The number of nitrogens with one attached hydrogen (secondary N) is 4. The van der Waals surface area contributed by atoms with Gasteiger partial charge in [0.2, 0.25) is 0 Å². The third-order valence-corrected chi connectivity index (χ3v) is 3.12. The number of unbranched alkanes of at least 4 members (excludes halogenated alkanes) is 2. The molecule has 0 aromatic rings. The normalized spacial score (nSPS) is 11.1. The third-order valence-electron chi connectivity index (χ3n) is 3.12. The smallest absolute Gasteiger partial charge is 0.00368 e. The van der Waals surface area contributed by atoms with Crippen LogP contribution in [0, 0.1) is 0 Å². The van der Waals surface area contributed by atoms with Crippen LogP contribution in [0.15, 0.2) is 0 Å². The van der Waals surface area contributed by atoms with Gasteiger partial charge in [-0.15, -0.1) is 0 Å². The molecule has 4 N–H and O–H groups in total. The Morgan fingerprint density at radius 3 is 1.26 bits per heavy atom. The molecular weight excluding hydrogens is 236 g/mol. The standard InChI is InChI=1S/C15H36N4/c1-3-16-10-6-5-7-11-18-14-9-15-19-13-8-12-17-4-2/h16-19H,3-15H2,1-2H3. The van der Waals surface area contributed by atoms with Gasteiger partial charge in [-0.25, -0.2) is 0 Å². The van der Waals surface area contributed by atoms with Crippen LogP contribution in [0.4, 0.5) is 0 Å². The molecule has 0 aliphatic heterocycles. The summed E-state index contributed by atoms with van der Waals surface area (Å²) in [5, 5.41) is 13.7. The van der Waals surface area contributed by atoms with E-state index in [2.05, 4.69) is 35.1 Å². The molecule has 0 aromatic heterocycles. The quantitative estimate of drug-likeness (QED) is 0.320. The fourth-order valence-electron chi connectivity index (χ4n) is 1.96. The van der Waals surface area contributed by atoms with Crippen LogP contribution in [0.5, 0.6) is 0 Å². The van der Waals surface area contributed by atoms with E-state index in [-0.39, 0.29) is 0 Å². The van der Waals surface area contributed by atoms with Crippen LogP contribution in [0.3, 0.4) is 0 Å². The van der Waals surface area contributed by atoms with Gasteiger partial charge in [-0.2, -0.15) is 0 Å². The minimum Gasteiger partial charge on any atom is -0.317 e. The maximum Gasteiger partial charge on any atom is -0.00368 e. The topological polar surface area (TPSA) is 48.1 Å². The average Bonchev–Trinajstić information content (AvgIpc) is 2.43. The molecule has 0 radical (unpaired) electrons. The summed E-state index contributed by atoms with van der Waals surface area (Å²) in [7, 11) is 0. The van der Waals surface area contributed by atoms with Gasteiger partial charge in [0.05, 0.1) is 0 Å². The highest BCUT2D eigenvalue weighted by atomic mass is 14.9. The van der Waals surface area contributed by atoms with Crippen molar-refractivity contribution in [2.75, 3.05) is 52.4 Å². The summed E-state index contributed by atoms with van der Waals surface area (Å²) in [6.45, 7) is 13.4. The van der Waals surface area contributed by atoms with Crippen molar-refractivity contribution in [3.8, 4) is 0 Å².